The lowest BCUT2D eigenvalue weighted by molar-refractivity contribution is 0.00968. The van der Waals surface area contributed by atoms with Gasteiger partial charge >= 0.3 is 0 Å². The summed E-state index contributed by atoms with van der Waals surface area (Å²) in [5.41, 5.74) is 2.29. The molecule has 1 aromatic heterocycles. The molecule has 0 aliphatic carbocycles. The van der Waals surface area contributed by atoms with Crippen LogP contribution in [0.4, 0.5) is 13.9 Å². The normalized spacial score (nSPS) is 10.8. The van der Waals surface area contributed by atoms with Gasteiger partial charge in [0.05, 0.1) is 0 Å². The van der Waals surface area contributed by atoms with E-state index in [1.54, 1.807) is 0 Å². The molecule has 5 nitrogen and oxygen atoms in total. The van der Waals surface area contributed by atoms with Gasteiger partial charge in [-0.05, 0) is 0 Å². The average molecular weight is 210 g/mol. The number of alkyl halides is 2. The number of nitrogens with two attached hydrogens (primary N) is 1. The fourth-order valence-electron chi connectivity index (χ4n) is 0.606. The van der Waals surface area contributed by atoms with Crippen LogP contribution in [0.1, 0.15) is 5.01 Å². The molecule has 0 aliphatic rings. The Bertz CT molecular complexity index is 256. The number of rotatable bonds is 5. The summed E-state index contributed by atoms with van der Waals surface area (Å²) in [5, 5.41) is 8.17. The highest BCUT2D eigenvalue weighted by Gasteiger charge is 2.05. The van der Waals surface area contributed by atoms with E-state index in [0.717, 1.165) is 11.3 Å². The van der Waals surface area contributed by atoms with Gasteiger partial charge in [0.15, 0.2) is 0 Å². The van der Waals surface area contributed by atoms with Crippen molar-refractivity contribution in [2.24, 2.45) is 5.84 Å². The first kappa shape index (κ1) is 10.2. The molecule has 0 bridgehead atoms. The molecule has 13 heavy (non-hydrogen) atoms. The molecule has 0 aliphatic heterocycles. The number of halogens is 2. The Morgan fingerprint density at radius 3 is 2.85 bits per heavy atom. The van der Waals surface area contributed by atoms with Gasteiger partial charge in [-0.15, -0.1) is 10.2 Å². The number of ether oxygens (including phenoxy) is 1. The third-order valence-corrected chi connectivity index (χ3v) is 1.89. The van der Waals surface area contributed by atoms with Crippen molar-refractivity contribution in [1.29, 1.82) is 0 Å². The second-order valence-electron chi connectivity index (χ2n) is 2.05. The number of hydrazine groups is 1. The Morgan fingerprint density at radius 1 is 1.54 bits per heavy atom. The van der Waals surface area contributed by atoms with Crippen LogP contribution in [0.3, 0.4) is 0 Å². The molecule has 0 amide bonds. The Balaban J connectivity index is 2.28. The maximum atomic E-state index is 11.6. The van der Waals surface area contributed by atoms with Gasteiger partial charge in [-0.1, -0.05) is 11.3 Å². The summed E-state index contributed by atoms with van der Waals surface area (Å²) in [6, 6.07) is 0. The van der Waals surface area contributed by atoms with Crippen molar-refractivity contribution in [2.75, 3.05) is 12.0 Å². The molecule has 0 saturated carbocycles. The standard InChI is InChI=1S/C5H8F2N4OS/c6-3(7)1-12-2-4-10-11-5(9-8)13-4/h3H,1-2,8H2,(H,9,11). The minimum atomic E-state index is -2.46. The second kappa shape index (κ2) is 5.00. The van der Waals surface area contributed by atoms with E-state index >= 15 is 0 Å². The molecule has 0 fully saturated rings. The number of aromatic nitrogens is 2. The summed E-state index contributed by atoms with van der Waals surface area (Å²) in [4.78, 5) is 0. The quantitative estimate of drug-likeness (QED) is 0.550. The van der Waals surface area contributed by atoms with E-state index in [-0.39, 0.29) is 6.61 Å². The first-order valence-electron chi connectivity index (χ1n) is 3.37. The van der Waals surface area contributed by atoms with E-state index in [4.69, 9.17) is 5.84 Å². The van der Waals surface area contributed by atoms with E-state index < -0.39 is 13.0 Å². The van der Waals surface area contributed by atoms with Crippen molar-refractivity contribution in [3.63, 3.8) is 0 Å². The largest absolute Gasteiger partial charge is 0.368 e. The topological polar surface area (TPSA) is 73.1 Å². The molecule has 1 aromatic rings. The van der Waals surface area contributed by atoms with Crippen LogP contribution in [0.5, 0.6) is 0 Å². The fraction of sp³-hybridized carbons (Fsp3) is 0.600. The van der Waals surface area contributed by atoms with Crippen LogP contribution in [0.2, 0.25) is 0 Å². The molecule has 3 N–H and O–H groups in total. The van der Waals surface area contributed by atoms with Crippen LogP contribution < -0.4 is 11.3 Å². The smallest absolute Gasteiger partial charge is 0.261 e. The Kier molecular flexibility index (Phi) is 3.93. The zero-order valence-electron chi connectivity index (χ0n) is 6.54. The van der Waals surface area contributed by atoms with E-state index in [9.17, 15) is 8.78 Å². The predicted molar refractivity (Wildman–Crippen MR) is 43.4 cm³/mol. The van der Waals surface area contributed by atoms with Gasteiger partial charge in [-0.2, -0.15) is 0 Å². The van der Waals surface area contributed by atoms with Crippen molar-refractivity contribution in [1.82, 2.24) is 10.2 Å². The van der Waals surface area contributed by atoms with Crippen LogP contribution in [0, 0.1) is 0 Å². The van der Waals surface area contributed by atoms with Crippen LogP contribution in [0.25, 0.3) is 0 Å². The van der Waals surface area contributed by atoms with E-state index in [1.807, 2.05) is 0 Å². The number of nitrogens with zero attached hydrogens (tertiary/aromatic N) is 2. The number of nitrogens with one attached hydrogen (secondary N) is 1. The molecule has 0 atom stereocenters. The monoisotopic (exact) mass is 210 g/mol. The van der Waals surface area contributed by atoms with Crippen molar-refractivity contribution >= 4 is 16.5 Å². The van der Waals surface area contributed by atoms with Crippen molar-refractivity contribution in [3.8, 4) is 0 Å². The molecule has 1 rings (SSSR count). The molecule has 0 saturated heterocycles. The lowest BCUT2D eigenvalue weighted by Gasteiger charge is -1.98. The van der Waals surface area contributed by atoms with Gasteiger partial charge in [0.2, 0.25) is 5.13 Å². The second-order valence-corrected chi connectivity index (χ2v) is 3.11. The van der Waals surface area contributed by atoms with Crippen LogP contribution in [-0.4, -0.2) is 23.2 Å². The van der Waals surface area contributed by atoms with Gasteiger partial charge in [0, 0.05) is 0 Å². The lowest BCUT2D eigenvalue weighted by Crippen LogP contribution is -2.05. The van der Waals surface area contributed by atoms with Gasteiger partial charge in [-0.3, -0.25) is 5.43 Å². The Hall–Kier alpha value is -0.860. The third kappa shape index (κ3) is 3.57. The van der Waals surface area contributed by atoms with Crippen LogP contribution in [0.15, 0.2) is 0 Å². The highest BCUT2D eigenvalue weighted by atomic mass is 32.1. The minimum Gasteiger partial charge on any atom is -0.368 e. The molecular formula is C5H8F2N4OS. The van der Waals surface area contributed by atoms with Crippen molar-refractivity contribution in [3.05, 3.63) is 5.01 Å². The molecule has 0 radical (unpaired) electrons. The summed E-state index contributed by atoms with van der Waals surface area (Å²) in [6.07, 6.45) is -2.46. The van der Waals surface area contributed by atoms with Gasteiger partial charge in [-0.25, -0.2) is 14.6 Å². The molecule has 74 valence electrons. The molecule has 0 aromatic carbocycles. The lowest BCUT2D eigenvalue weighted by atomic mass is 10.7. The third-order valence-electron chi connectivity index (χ3n) is 1.06. The zero-order valence-corrected chi connectivity index (χ0v) is 7.35. The summed E-state index contributed by atoms with van der Waals surface area (Å²) in [6.45, 7) is -0.561. The maximum absolute atomic E-state index is 11.6. The zero-order chi connectivity index (χ0) is 9.68. The van der Waals surface area contributed by atoms with Crippen LogP contribution >= 0.6 is 11.3 Å². The molecule has 0 unspecified atom stereocenters. The van der Waals surface area contributed by atoms with Crippen LogP contribution in [-0.2, 0) is 11.3 Å². The first-order valence-corrected chi connectivity index (χ1v) is 4.19. The molecule has 0 spiro atoms. The SMILES string of the molecule is NNc1nnc(COCC(F)F)s1. The van der Waals surface area contributed by atoms with Gasteiger partial charge < -0.3 is 4.74 Å². The summed E-state index contributed by atoms with van der Waals surface area (Å²) in [5.74, 6) is 5.04. The summed E-state index contributed by atoms with van der Waals surface area (Å²) in [7, 11) is 0. The number of hydrogen-bond donors (Lipinski definition) is 2. The number of anilines is 1. The maximum Gasteiger partial charge on any atom is 0.261 e. The highest BCUT2D eigenvalue weighted by Crippen LogP contribution is 2.14. The van der Waals surface area contributed by atoms with E-state index in [1.165, 1.54) is 0 Å². The van der Waals surface area contributed by atoms with Gasteiger partial charge in [0.25, 0.3) is 6.43 Å². The Morgan fingerprint density at radius 2 is 2.31 bits per heavy atom. The van der Waals surface area contributed by atoms with Crippen molar-refractivity contribution < 1.29 is 13.5 Å². The highest BCUT2D eigenvalue weighted by molar-refractivity contribution is 7.15. The Labute approximate surface area is 76.9 Å². The molecule has 1 heterocycles. The predicted octanol–water partition coefficient (Wildman–Crippen LogP) is 0.605. The van der Waals surface area contributed by atoms with Crippen molar-refractivity contribution in [2.45, 2.75) is 13.0 Å². The number of nitrogen functional groups attached to an aromatic ring is 1. The fourth-order valence-corrected chi connectivity index (χ4v) is 1.19. The van der Waals surface area contributed by atoms with E-state index in [0.29, 0.717) is 10.1 Å². The summed E-state index contributed by atoms with van der Waals surface area (Å²) < 4.78 is 27.9. The number of hydrogen-bond acceptors (Lipinski definition) is 6. The van der Waals surface area contributed by atoms with E-state index in [2.05, 4.69) is 20.4 Å². The molecule has 8 heteroatoms. The first-order chi connectivity index (χ1) is 6.22. The average Bonchev–Trinajstić information content (AvgIpc) is 2.52. The summed E-state index contributed by atoms with van der Waals surface area (Å²) >= 11 is 1.16. The van der Waals surface area contributed by atoms with Gasteiger partial charge in [0.1, 0.15) is 18.2 Å². The minimum absolute atomic E-state index is 0.0314. The molecular weight excluding hydrogens is 202 g/mol.